The summed E-state index contributed by atoms with van der Waals surface area (Å²) in [6, 6.07) is -2.11. The van der Waals surface area contributed by atoms with Crippen LogP contribution in [0.5, 0.6) is 0 Å². The van der Waals surface area contributed by atoms with Crippen LogP contribution in [0.1, 0.15) is 6.42 Å². The first-order valence-corrected chi connectivity index (χ1v) is 4.65. The minimum absolute atomic E-state index is 0.190. The van der Waals surface area contributed by atoms with Gasteiger partial charge in [0.2, 0.25) is 0 Å². The van der Waals surface area contributed by atoms with E-state index in [0.717, 1.165) is 0 Å². The van der Waals surface area contributed by atoms with E-state index in [4.69, 9.17) is 26.8 Å². The molecular formula is C7H14N2O6S. The van der Waals surface area contributed by atoms with Crippen LogP contribution < -0.4 is 11.5 Å². The van der Waals surface area contributed by atoms with Crippen LogP contribution in [0, 0.1) is 0 Å². The van der Waals surface area contributed by atoms with Gasteiger partial charge in [0.15, 0.2) is 0 Å². The van der Waals surface area contributed by atoms with Gasteiger partial charge in [0.1, 0.15) is 12.1 Å². The molecule has 0 radical (unpaired) electrons. The fourth-order valence-corrected chi connectivity index (χ4v) is 0.510. The molecule has 0 aliphatic carbocycles. The van der Waals surface area contributed by atoms with Crippen molar-refractivity contribution >= 4 is 30.5 Å². The van der Waals surface area contributed by atoms with Gasteiger partial charge < -0.3 is 26.8 Å². The summed E-state index contributed by atoms with van der Waals surface area (Å²) in [4.78, 5) is 29.4. The zero-order chi connectivity index (χ0) is 13.3. The third kappa shape index (κ3) is 10.8. The SMILES string of the molecule is N[C@@H](CC(=O)O)C(=O)O.N[C@H](CS)C(=O)O. The molecule has 0 aromatic carbocycles. The Morgan fingerprint density at radius 3 is 1.44 bits per heavy atom. The van der Waals surface area contributed by atoms with E-state index in [-0.39, 0.29) is 5.75 Å². The van der Waals surface area contributed by atoms with Crippen molar-refractivity contribution in [1.29, 1.82) is 0 Å². The molecule has 0 aliphatic heterocycles. The highest BCUT2D eigenvalue weighted by Crippen LogP contribution is 1.86. The summed E-state index contributed by atoms with van der Waals surface area (Å²) in [6.45, 7) is 0. The monoisotopic (exact) mass is 254 g/mol. The maximum atomic E-state index is 9.85. The predicted molar refractivity (Wildman–Crippen MR) is 57.3 cm³/mol. The van der Waals surface area contributed by atoms with Crippen LogP contribution in [-0.2, 0) is 14.4 Å². The average Bonchev–Trinajstić information content (AvgIpc) is 2.16. The van der Waals surface area contributed by atoms with E-state index in [2.05, 4.69) is 12.6 Å². The molecule has 0 spiro atoms. The highest BCUT2D eigenvalue weighted by molar-refractivity contribution is 7.80. The lowest BCUT2D eigenvalue weighted by atomic mass is 10.2. The molecule has 2 atom stereocenters. The predicted octanol–water partition coefficient (Wildman–Crippen LogP) is -1.80. The van der Waals surface area contributed by atoms with E-state index in [1.807, 2.05) is 0 Å². The first kappa shape index (κ1) is 17.1. The molecule has 0 fully saturated rings. The molecule has 0 unspecified atom stereocenters. The number of rotatable bonds is 5. The van der Waals surface area contributed by atoms with Crippen molar-refractivity contribution in [3.05, 3.63) is 0 Å². The topological polar surface area (TPSA) is 164 Å². The Kier molecular flexibility index (Phi) is 9.55. The van der Waals surface area contributed by atoms with Gasteiger partial charge in [-0.1, -0.05) is 0 Å². The average molecular weight is 254 g/mol. The minimum atomic E-state index is -1.29. The van der Waals surface area contributed by atoms with Crippen LogP contribution in [0.2, 0.25) is 0 Å². The molecule has 16 heavy (non-hydrogen) atoms. The number of aliphatic carboxylic acids is 3. The third-order valence-electron chi connectivity index (χ3n) is 1.23. The number of thiol groups is 1. The van der Waals surface area contributed by atoms with Crippen LogP contribution in [-0.4, -0.2) is 51.1 Å². The largest absolute Gasteiger partial charge is 0.481 e. The molecular weight excluding hydrogens is 240 g/mol. The maximum Gasteiger partial charge on any atom is 0.321 e. The van der Waals surface area contributed by atoms with E-state index >= 15 is 0 Å². The molecule has 0 aliphatic rings. The molecule has 9 heteroatoms. The smallest absolute Gasteiger partial charge is 0.321 e. The fraction of sp³-hybridized carbons (Fsp3) is 0.571. The zero-order valence-corrected chi connectivity index (χ0v) is 9.13. The lowest BCUT2D eigenvalue weighted by Gasteiger charge is -1.99. The van der Waals surface area contributed by atoms with E-state index in [1.54, 1.807) is 0 Å². The summed E-state index contributed by atoms with van der Waals surface area (Å²) >= 11 is 3.65. The summed E-state index contributed by atoms with van der Waals surface area (Å²) in [5.41, 5.74) is 9.78. The van der Waals surface area contributed by atoms with Crippen molar-refractivity contribution in [2.24, 2.45) is 11.5 Å². The standard InChI is InChI=1S/C4H7NO4.C3H7NO2S/c5-2(4(8)9)1-3(6)7;4-2(1-7)3(5)6/h2H,1,5H2,(H,6,7)(H,8,9);2,7H,1,4H2,(H,5,6)/t2*2-/m01/s1. The highest BCUT2D eigenvalue weighted by atomic mass is 32.1. The fourth-order valence-electron chi connectivity index (χ4n) is 0.354. The lowest BCUT2D eigenvalue weighted by Crippen LogP contribution is -2.32. The Morgan fingerprint density at radius 1 is 1.00 bits per heavy atom. The van der Waals surface area contributed by atoms with Crippen molar-refractivity contribution in [2.45, 2.75) is 18.5 Å². The van der Waals surface area contributed by atoms with Gasteiger partial charge in [-0.15, -0.1) is 0 Å². The molecule has 0 saturated heterocycles. The first-order valence-electron chi connectivity index (χ1n) is 4.01. The number of hydrogen-bond donors (Lipinski definition) is 6. The molecule has 7 N–H and O–H groups in total. The van der Waals surface area contributed by atoms with Crippen LogP contribution >= 0.6 is 12.6 Å². The van der Waals surface area contributed by atoms with Crippen LogP contribution in [0.25, 0.3) is 0 Å². The minimum Gasteiger partial charge on any atom is -0.481 e. The Labute approximate surface area is 96.6 Å². The van der Waals surface area contributed by atoms with Crippen molar-refractivity contribution < 1.29 is 29.7 Å². The van der Waals surface area contributed by atoms with E-state index < -0.39 is 36.4 Å². The van der Waals surface area contributed by atoms with Crippen molar-refractivity contribution in [3.8, 4) is 0 Å². The second kappa shape index (κ2) is 8.95. The summed E-state index contributed by atoms with van der Waals surface area (Å²) in [5, 5.41) is 24.0. The second-order valence-electron chi connectivity index (χ2n) is 2.67. The number of carboxylic acids is 3. The molecule has 0 amide bonds. The van der Waals surface area contributed by atoms with Gasteiger partial charge in [-0.05, 0) is 0 Å². The zero-order valence-electron chi connectivity index (χ0n) is 8.24. The third-order valence-corrected chi connectivity index (χ3v) is 1.62. The van der Waals surface area contributed by atoms with Crippen LogP contribution in [0.15, 0.2) is 0 Å². The number of nitrogens with two attached hydrogens (primary N) is 2. The van der Waals surface area contributed by atoms with Gasteiger partial charge >= 0.3 is 17.9 Å². The number of carboxylic acid groups (broad SMARTS) is 3. The Morgan fingerprint density at radius 2 is 1.38 bits per heavy atom. The second-order valence-corrected chi connectivity index (χ2v) is 3.04. The summed E-state index contributed by atoms with van der Waals surface area (Å²) in [7, 11) is 0. The summed E-state index contributed by atoms with van der Waals surface area (Å²) < 4.78 is 0. The van der Waals surface area contributed by atoms with Crippen LogP contribution in [0.3, 0.4) is 0 Å². The van der Waals surface area contributed by atoms with Gasteiger partial charge in [0.25, 0.3) is 0 Å². The highest BCUT2D eigenvalue weighted by Gasteiger charge is 2.14. The summed E-state index contributed by atoms with van der Waals surface area (Å²) in [6.07, 6.45) is -0.532. The quantitative estimate of drug-likeness (QED) is 0.313. The maximum absolute atomic E-state index is 9.85. The van der Waals surface area contributed by atoms with Gasteiger partial charge in [-0.25, -0.2) is 0 Å². The molecule has 0 rings (SSSR count). The molecule has 8 nitrogen and oxygen atoms in total. The van der Waals surface area contributed by atoms with E-state index in [0.29, 0.717) is 0 Å². The van der Waals surface area contributed by atoms with Crippen molar-refractivity contribution in [3.63, 3.8) is 0 Å². The van der Waals surface area contributed by atoms with E-state index in [9.17, 15) is 14.4 Å². The molecule has 0 aromatic rings. The van der Waals surface area contributed by atoms with Gasteiger partial charge in [-0.3, -0.25) is 14.4 Å². The van der Waals surface area contributed by atoms with Gasteiger partial charge in [0, 0.05) is 5.75 Å². The lowest BCUT2D eigenvalue weighted by molar-refractivity contribution is -0.144. The normalized spacial score (nSPS) is 12.9. The number of hydrogen-bond acceptors (Lipinski definition) is 6. The first-order chi connectivity index (χ1) is 7.22. The molecule has 94 valence electrons. The van der Waals surface area contributed by atoms with E-state index in [1.165, 1.54) is 0 Å². The molecule has 0 heterocycles. The molecule has 0 aromatic heterocycles. The molecule has 0 saturated carbocycles. The van der Waals surface area contributed by atoms with Crippen LogP contribution in [0.4, 0.5) is 0 Å². The Hall–Kier alpha value is -1.32. The van der Waals surface area contributed by atoms with Crippen molar-refractivity contribution in [2.75, 3.05) is 5.75 Å². The Bertz CT molecular complexity index is 259. The molecule has 0 bridgehead atoms. The number of carbonyl (C=O) groups is 3. The summed E-state index contributed by atoms with van der Waals surface area (Å²) in [5.74, 6) is -3.31. The van der Waals surface area contributed by atoms with Gasteiger partial charge in [0.05, 0.1) is 6.42 Å². The Balaban J connectivity index is 0. The van der Waals surface area contributed by atoms with Crippen molar-refractivity contribution in [1.82, 2.24) is 0 Å². The van der Waals surface area contributed by atoms with Gasteiger partial charge in [-0.2, -0.15) is 12.6 Å².